The molecule has 2 aliphatic rings. The standard InChI is InChI=1S/C11H22N2O2/c1-14-7-10-2-4-13(6-10)11(8-12)3-5-15-9-11/h10H,2-9,12H2,1H3. The van der Waals surface area contributed by atoms with Crippen molar-refractivity contribution in [2.75, 3.05) is 46.6 Å². The lowest BCUT2D eigenvalue weighted by molar-refractivity contribution is 0.0818. The first kappa shape index (κ1) is 11.3. The molecular weight excluding hydrogens is 192 g/mol. The summed E-state index contributed by atoms with van der Waals surface area (Å²) in [6, 6.07) is 0. The summed E-state index contributed by atoms with van der Waals surface area (Å²) in [6.45, 7) is 5.53. The molecule has 4 nitrogen and oxygen atoms in total. The normalized spacial score (nSPS) is 37.6. The second-order valence-corrected chi connectivity index (χ2v) is 4.79. The average Bonchev–Trinajstić information content (AvgIpc) is 2.86. The minimum Gasteiger partial charge on any atom is -0.384 e. The molecule has 0 radical (unpaired) electrons. The molecule has 0 aromatic heterocycles. The van der Waals surface area contributed by atoms with Crippen LogP contribution in [0.5, 0.6) is 0 Å². The van der Waals surface area contributed by atoms with E-state index in [9.17, 15) is 0 Å². The van der Waals surface area contributed by atoms with E-state index >= 15 is 0 Å². The van der Waals surface area contributed by atoms with Crippen molar-refractivity contribution in [3.05, 3.63) is 0 Å². The average molecular weight is 214 g/mol. The van der Waals surface area contributed by atoms with Gasteiger partial charge in [-0.25, -0.2) is 0 Å². The summed E-state index contributed by atoms with van der Waals surface area (Å²) in [5.74, 6) is 0.680. The maximum atomic E-state index is 5.92. The molecule has 2 heterocycles. The van der Waals surface area contributed by atoms with Crippen LogP contribution >= 0.6 is 0 Å². The molecule has 0 spiro atoms. The van der Waals surface area contributed by atoms with Crippen molar-refractivity contribution in [3.8, 4) is 0 Å². The van der Waals surface area contributed by atoms with E-state index in [2.05, 4.69) is 4.90 Å². The SMILES string of the molecule is COCC1CCN(C2(CN)CCOC2)C1. The Morgan fingerprint density at radius 2 is 2.47 bits per heavy atom. The van der Waals surface area contributed by atoms with Gasteiger partial charge >= 0.3 is 0 Å². The van der Waals surface area contributed by atoms with Crippen LogP contribution in [0.2, 0.25) is 0 Å². The Labute approximate surface area is 91.7 Å². The minimum atomic E-state index is 0.127. The fraction of sp³-hybridized carbons (Fsp3) is 1.00. The number of rotatable bonds is 4. The highest BCUT2D eigenvalue weighted by Gasteiger charge is 2.42. The van der Waals surface area contributed by atoms with Crippen LogP contribution in [0.4, 0.5) is 0 Å². The van der Waals surface area contributed by atoms with E-state index in [1.54, 1.807) is 7.11 Å². The number of hydrogen-bond donors (Lipinski definition) is 1. The van der Waals surface area contributed by atoms with Crippen LogP contribution in [0.15, 0.2) is 0 Å². The van der Waals surface area contributed by atoms with Crippen molar-refractivity contribution in [2.24, 2.45) is 11.7 Å². The highest BCUT2D eigenvalue weighted by molar-refractivity contribution is 4.98. The van der Waals surface area contributed by atoms with E-state index < -0.39 is 0 Å². The van der Waals surface area contributed by atoms with Crippen LogP contribution < -0.4 is 5.73 Å². The van der Waals surface area contributed by atoms with Gasteiger partial charge in [0.2, 0.25) is 0 Å². The van der Waals surface area contributed by atoms with Gasteiger partial charge in [-0.1, -0.05) is 0 Å². The molecule has 0 bridgehead atoms. The Balaban J connectivity index is 1.93. The molecular formula is C11H22N2O2. The maximum Gasteiger partial charge on any atom is 0.0663 e. The van der Waals surface area contributed by atoms with Crippen LogP contribution in [0.25, 0.3) is 0 Å². The highest BCUT2D eigenvalue weighted by Crippen LogP contribution is 2.30. The largest absolute Gasteiger partial charge is 0.384 e. The predicted molar refractivity (Wildman–Crippen MR) is 58.8 cm³/mol. The van der Waals surface area contributed by atoms with Gasteiger partial charge in [0, 0.05) is 26.8 Å². The van der Waals surface area contributed by atoms with Gasteiger partial charge in [-0.3, -0.25) is 4.90 Å². The van der Waals surface area contributed by atoms with Crippen LogP contribution in [-0.2, 0) is 9.47 Å². The van der Waals surface area contributed by atoms with Gasteiger partial charge in [-0.15, -0.1) is 0 Å². The van der Waals surface area contributed by atoms with E-state index in [4.69, 9.17) is 15.2 Å². The molecule has 2 unspecified atom stereocenters. The summed E-state index contributed by atoms with van der Waals surface area (Å²) in [6.07, 6.45) is 2.32. The zero-order valence-corrected chi connectivity index (χ0v) is 9.58. The zero-order chi connectivity index (χ0) is 10.7. The van der Waals surface area contributed by atoms with Gasteiger partial charge in [0.25, 0.3) is 0 Å². The van der Waals surface area contributed by atoms with E-state index in [-0.39, 0.29) is 5.54 Å². The summed E-state index contributed by atoms with van der Waals surface area (Å²) < 4.78 is 10.7. The van der Waals surface area contributed by atoms with Crippen LogP contribution in [0.3, 0.4) is 0 Å². The number of hydrogen-bond acceptors (Lipinski definition) is 4. The van der Waals surface area contributed by atoms with Gasteiger partial charge in [0.05, 0.1) is 18.8 Å². The molecule has 0 saturated carbocycles. The first-order valence-electron chi connectivity index (χ1n) is 5.82. The van der Waals surface area contributed by atoms with Crippen molar-refractivity contribution >= 4 is 0 Å². The lowest BCUT2D eigenvalue weighted by Crippen LogP contribution is -2.53. The first-order valence-corrected chi connectivity index (χ1v) is 5.82. The Bertz CT molecular complexity index is 205. The summed E-state index contributed by atoms with van der Waals surface area (Å²) in [5, 5.41) is 0. The lowest BCUT2D eigenvalue weighted by atomic mass is 9.97. The molecule has 2 atom stereocenters. The summed E-state index contributed by atoms with van der Waals surface area (Å²) in [7, 11) is 1.78. The van der Waals surface area contributed by atoms with Crippen molar-refractivity contribution in [3.63, 3.8) is 0 Å². The van der Waals surface area contributed by atoms with Crippen LogP contribution in [-0.4, -0.2) is 57.0 Å². The fourth-order valence-corrected chi connectivity index (χ4v) is 2.77. The van der Waals surface area contributed by atoms with Crippen molar-refractivity contribution < 1.29 is 9.47 Å². The molecule has 15 heavy (non-hydrogen) atoms. The Morgan fingerprint density at radius 3 is 3.07 bits per heavy atom. The molecule has 0 amide bonds. The molecule has 0 aliphatic carbocycles. The Morgan fingerprint density at radius 1 is 1.60 bits per heavy atom. The van der Waals surface area contributed by atoms with Crippen LogP contribution in [0, 0.1) is 5.92 Å². The van der Waals surface area contributed by atoms with Gasteiger partial charge in [-0.2, -0.15) is 0 Å². The smallest absolute Gasteiger partial charge is 0.0663 e. The first-order chi connectivity index (χ1) is 7.30. The third-order valence-corrected chi connectivity index (χ3v) is 3.82. The highest BCUT2D eigenvalue weighted by atomic mass is 16.5. The van der Waals surface area contributed by atoms with E-state index in [1.807, 2.05) is 0 Å². The summed E-state index contributed by atoms with van der Waals surface area (Å²) in [5.41, 5.74) is 6.04. The molecule has 2 rings (SSSR count). The molecule has 2 fully saturated rings. The fourth-order valence-electron chi connectivity index (χ4n) is 2.77. The third kappa shape index (κ3) is 2.18. The topological polar surface area (TPSA) is 47.7 Å². The summed E-state index contributed by atoms with van der Waals surface area (Å²) >= 11 is 0. The van der Waals surface area contributed by atoms with Gasteiger partial charge in [-0.05, 0) is 25.3 Å². The number of methoxy groups -OCH3 is 1. The Hall–Kier alpha value is -0.160. The van der Waals surface area contributed by atoms with Crippen LogP contribution in [0.1, 0.15) is 12.8 Å². The number of ether oxygens (including phenoxy) is 2. The second kappa shape index (κ2) is 4.78. The van der Waals surface area contributed by atoms with Crippen molar-refractivity contribution in [1.82, 2.24) is 4.90 Å². The third-order valence-electron chi connectivity index (χ3n) is 3.82. The molecule has 0 aromatic carbocycles. The molecule has 2 aliphatic heterocycles. The van der Waals surface area contributed by atoms with E-state index in [1.165, 1.54) is 6.42 Å². The summed E-state index contributed by atoms with van der Waals surface area (Å²) in [4.78, 5) is 2.52. The zero-order valence-electron chi connectivity index (χ0n) is 9.58. The number of nitrogens with two attached hydrogens (primary N) is 1. The van der Waals surface area contributed by atoms with Crippen molar-refractivity contribution in [2.45, 2.75) is 18.4 Å². The van der Waals surface area contributed by atoms with Crippen molar-refractivity contribution in [1.29, 1.82) is 0 Å². The lowest BCUT2D eigenvalue weighted by Gasteiger charge is -2.36. The predicted octanol–water partition coefficient (Wildman–Crippen LogP) is 0.0725. The van der Waals surface area contributed by atoms with Gasteiger partial charge in [0.15, 0.2) is 0 Å². The van der Waals surface area contributed by atoms with E-state index in [0.29, 0.717) is 12.5 Å². The van der Waals surface area contributed by atoms with Gasteiger partial charge < -0.3 is 15.2 Å². The molecule has 2 saturated heterocycles. The number of nitrogens with zero attached hydrogens (tertiary/aromatic N) is 1. The minimum absolute atomic E-state index is 0.127. The second-order valence-electron chi connectivity index (χ2n) is 4.79. The number of likely N-dealkylation sites (tertiary alicyclic amines) is 1. The monoisotopic (exact) mass is 214 g/mol. The molecule has 0 aromatic rings. The quantitative estimate of drug-likeness (QED) is 0.719. The van der Waals surface area contributed by atoms with Gasteiger partial charge in [0.1, 0.15) is 0 Å². The maximum absolute atomic E-state index is 5.92. The molecule has 88 valence electrons. The van der Waals surface area contributed by atoms with E-state index in [0.717, 1.165) is 39.3 Å². The molecule has 4 heteroatoms. The molecule has 2 N–H and O–H groups in total. The Kier molecular flexibility index (Phi) is 3.61.